The highest BCUT2D eigenvalue weighted by Gasteiger charge is 2.31. The predicted octanol–water partition coefficient (Wildman–Crippen LogP) is 3.22. The molecule has 6 nitrogen and oxygen atoms in total. The molecule has 0 saturated heterocycles. The number of amides is 1. The number of pyridine rings is 1. The van der Waals surface area contributed by atoms with Gasteiger partial charge < -0.3 is 9.66 Å². The molecule has 1 rings (SSSR count). The lowest BCUT2D eigenvalue weighted by Gasteiger charge is -2.27. The van der Waals surface area contributed by atoms with Crippen LogP contribution in [0.4, 0.5) is 19.3 Å². The molecule has 0 spiro atoms. The zero-order valence-electron chi connectivity index (χ0n) is 12.7. The van der Waals surface area contributed by atoms with Crippen molar-refractivity contribution in [2.24, 2.45) is 0 Å². The van der Waals surface area contributed by atoms with Gasteiger partial charge in [-0.25, -0.2) is 13.6 Å². The number of hydrogen-bond acceptors (Lipinski definition) is 4. The van der Waals surface area contributed by atoms with E-state index in [1.165, 1.54) is 6.20 Å². The van der Waals surface area contributed by atoms with Gasteiger partial charge in [0.25, 0.3) is 6.43 Å². The molecule has 1 unspecified atom stereocenters. The van der Waals surface area contributed by atoms with Crippen LogP contribution in [0.1, 0.15) is 51.4 Å². The number of anilines is 1. The minimum Gasteiger partial charge on any atom is -0.598 e. The first-order chi connectivity index (χ1) is 10.0. The van der Waals surface area contributed by atoms with Gasteiger partial charge in [-0.05, 0) is 33.8 Å². The Bertz CT molecular complexity index is 538. The molecule has 0 radical (unpaired) electrons. The summed E-state index contributed by atoms with van der Waals surface area (Å²) in [7, 11) is 0. The maximum Gasteiger partial charge on any atom is 0.409 e. The fraction of sp³-hybridized carbons (Fsp3) is 0.538. The van der Waals surface area contributed by atoms with E-state index in [4.69, 9.17) is 5.11 Å². The number of aromatic nitrogens is 1. The first kappa shape index (κ1) is 18.6. The van der Waals surface area contributed by atoms with Crippen molar-refractivity contribution in [3.63, 3.8) is 0 Å². The van der Waals surface area contributed by atoms with Crippen LogP contribution >= 0.6 is 0 Å². The minimum absolute atomic E-state index is 0.0427. The van der Waals surface area contributed by atoms with Crippen LogP contribution in [-0.2, 0) is 11.4 Å². The summed E-state index contributed by atoms with van der Waals surface area (Å²) in [6.07, 6.45) is -3.14. The summed E-state index contributed by atoms with van der Waals surface area (Å²) >= 11 is -1.48. The third kappa shape index (κ3) is 4.79. The lowest BCUT2D eigenvalue weighted by molar-refractivity contribution is 0.149. The third-order valence-electron chi connectivity index (χ3n) is 2.73. The minimum atomic E-state index is -2.92. The molecule has 0 saturated carbocycles. The Kier molecular flexibility index (Phi) is 6.09. The van der Waals surface area contributed by atoms with Crippen LogP contribution in [0.3, 0.4) is 0 Å². The molecular formula is C13H19F2N3O3S. The Morgan fingerprint density at radius 2 is 2.05 bits per heavy atom. The van der Waals surface area contributed by atoms with Crippen LogP contribution in [0.2, 0.25) is 0 Å². The van der Waals surface area contributed by atoms with Crippen molar-refractivity contribution in [2.45, 2.75) is 44.9 Å². The second-order valence-electron chi connectivity index (χ2n) is 5.61. The number of alkyl halides is 2. The maximum atomic E-state index is 13.3. The van der Waals surface area contributed by atoms with Gasteiger partial charge in [-0.1, -0.05) is 0 Å². The molecule has 9 heteroatoms. The van der Waals surface area contributed by atoms with Gasteiger partial charge in [0.05, 0.1) is 23.0 Å². The molecule has 0 aliphatic heterocycles. The fourth-order valence-electron chi connectivity index (χ4n) is 1.68. The molecule has 0 aliphatic rings. The molecule has 0 aromatic carbocycles. The second kappa shape index (κ2) is 7.21. The molecule has 0 bridgehead atoms. The van der Waals surface area contributed by atoms with Gasteiger partial charge in [0.2, 0.25) is 0 Å². The van der Waals surface area contributed by atoms with Gasteiger partial charge in [0.15, 0.2) is 0 Å². The fourth-order valence-corrected chi connectivity index (χ4v) is 2.47. The molecule has 124 valence electrons. The third-order valence-corrected chi connectivity index (χ3v) is 4.41. The van der Waals surface area contributed by atoms with E-state index in [0.717, 1.165) is 6.07 Å². The van der Waals surface area contributed by atoms with Crippen molar-refractivity contribution in [1.29, 1.82) is 0 Å². The standard InChI is InChI=1S/C13H19F2N3O3S/c1-7(18-22(21)13(2,3)4)10-9(11(14)15)8(5-6-16-10)17-12(19)20/h5-7,11,18H,1-4H3,(H,16,17)(H,19,20)/t7?,22-/m0/s1. The molecule has 1 heterocycles. The normalized spacial score (nSPS) is 14.7. The summed E-state index contributed by atoms with van der Waals surface area (Å²) in [6, 6.07) is 0.423. The van der Waals surface area contributed by atoms with Crippen molar-refractivity contribution < 1.29 is 23.2 Å². The first-order valence-electron chi connectivity index (χ1n) is 6.49. The van der Waals surface area contributed by atoms with Crippen LogP contribution in [0.5, 0.6) is 0 Å². The van der Waals surface area contributed by atoms with Crippen molar-refractivity contribution >= 4 is 23.1 Å². The zero-order valence-corrected chi connectivity index (χ0v) is 13.5. The molecular weight excluding hydrogens is 316 g/mol. The Balaban J connectivity index is 3.15. The number of carbonyl (C=O) groups is 1. The van der Waals surface area contributed by atoms with Crippen LogP contribution in [-0.4, -0.2) is 25.5 Å². The topological polar surface area (TPSA) is 97.3 Å². The molecule has 1 aromatic heterocycles. The number of hydrogen-bond donors (Lipinski definition) is 3. The molecule has 3 N–H and O–H groups in total. The summed E-state index contributed by atoms with van der Waals surface area (Å²) in [4.78, 5) is 14.6. The van der Waals surface area contributed by atoms with Crippen LogP contribution in [0.15, 0.2) is 12.3 Å². The quantitative estimate of drug-likeness (QED) is 0.718. The highest BCUT2D eigenvalue weighted by molar-refractivity contribution is 7.90. The van der Waals surface area contributed by atoms with Crippen LogP contribution in [0, 0.1) is 0 Å². The first-order valence-corrected chi connectivity index (χ1v) is 7.64. The number of nitrogens with zero attached hydrogens (tertiary/aromatic N) is 1. The Morgan fingerprint density at radius 1 is 1.45 bits per heavy atom. The smallest absolute Gasteiger partial charge is 0.409 e. The predicted molar refractivity (Wildman–Crippen MR) is 80.3 cm³/mol. The summed E-state index contributed by atoms with van der Waals surface area (Å²) < 4.78 is 40.8. The summed E-state index contributed by atoms with van der Waals surface area (Å²) in [5.74, 6) is 0. The van der Waals surface area contributed by atoms with E-state index in [1.54, 1.807) is 27.7 Å². The van der Waals surface area contributed by atoms with Gasteiger partial charge in [-0.15, -0.1) is 4.72 Å². The molecule has 1 amide bonds. The molecule has 2 atom stereocenters. The SMILES string of the molecule is CC(N[S@@+]([O-])C(C)(C)C)c1nccc(NC(=O)O)c1C(F)F. The molecule has 1 aromatic rings. The number of carboxylic acid groups (broad SMARTS) is 1. The van der Waals surface area contributed by atoms with E-state index in [1.807, 2.05) is 5.32 Å². The van der Waals surface area contributed by atoms with Gasteiger partial charge in [0.1, 0.15) is 4.75 Å². The molecule has 0 fully saturated rings. The molecule has 0 aliphatic carbocycles. The maximum absolute atomic E-state index is 13.3. The Labute approximate surface area is 130 Å². The van der Waals surface area contributed by atoms with Gasteiger partial charge >= 0.3 is 6.09 Å². The van der Waals surface area contributed by atoms with Crippen molar-refractivity contribution in [3.8, 4) is 0 Å². The van der Waals surface area contributed by atoms with Crippen molar-refractivity contribution in [3.05, 3.63) is 23.5 Å². The summed E-state index contributed by atoms with van der Waals surface area (Å²) in [6.45, 7) is 6.77. The van der Waals surface area contributed by atoms with E-state index in [9.17, 15) is 18.1 Å². The summed E-state index contributed by atoms with van der Waals surface area (Å²) in [5.41, 5.74) is -0.794. The van der Waals surface area contributed by atoms with E-state index >= 15 is 0 Å². The van der Waals surface area contributed by atoms with E-state index in [0.29, 0.717) is 0 Å². The van der Waals surface area contributed by atoms with Gasteiger partial charge in [-0.2, -0.15) is 0 Å². The van der Waals surface area contributed by atoms with Gasteiger partial charge in [0, 0.05) is 17.6 Å². The number of halogens is 2. The van der Waals surface area contributed by atoms with E-state index in [-0.39, 0.29) is 11.4 Å². The van der Waals surface area contributed by atoms with Crippen molar-refractivity contribution in [2.75, 3.05) is 5.32 Å². The van der Waals surface area contributed by atoms with Gasteiger partial charge in [-0.3, -0.25) is 10.3 Å². The monoisotopic (exact) mass is 335 g/mol. The highest BCUT2D eigenvalue weighted by Crippen LogP contribution is 2.33. The van der Waals surface area contributed by atoms with Crippen LogP contribution < -0.4 is 10.0 Å². The molecule has 22 heavy (non-hydrogen) atoms. The average molecular weight is 335 g/mol. The lowest BCUT2D eigenvalue weighted by Crippen LogP contribution is -2.41. The Morgan fingerprint density at radius 3 is 2.50 bits per heavy atom. The van der Waals surface area contributed by atoms with E-state index < -0.39 is 40.2 Å². The number of nitrogens with one attached hydrogen (secondary N) is 2. The summed E-state index contributed by atoms with van der Waals surface area (Å²) in [5, 5.41) is 10.6. The van der Waals surface area contributed by atoms with Crippen LogP contribution in [0.25, 0.3) is 0 Å². The second-order valence-corrected chi connectivity index (χ2v) is 7.61. The largest absolute Gasteiger partial charge is 0.598 e. The zero-order chi connectivity index (χ0) is 17.1. The average Bonchev–Trinajstić information content (AvgIpc) is 2.35. The van der Waals surface area contributed by atoms with E-state index in [2.05, 4.69) is 9.71 Å². The highest BCUT2D eigenvalue weighted by atomic mass is 32.2. The number of rotatable bonds is 5. The lowest BCUT2D eigenvalue weighted by atomic mass is 10.1. The Hall–Kier alpha value is -1.45. The van der Waals surface area contributed by atoms with Crippen molar-refractivity contribution in [1.82, 2.24) is 9.71 Å².